The quantitative estimate of drug-likeness (QED) is 0.0404. The van der Waals surface area contributed by atoms with Crippen LogP contribution in [-0.2, 0) is 13.1 Å². The van der Waals surface area contributed by atoms with Crippen molar-refractivity contribution in [3.8, 4) is 0 Å². The van der Waals surface area contributed by atoms with Gasteiger partial charge in [0.15, 0.2) is 0 Å². The zero-order valence-electron chi connectivity index (χ0n) is 24.7. The van der Waals surface area contributed by atoms with E-state index in [0.29, 0.717) is 0 Å². The van der Waals surface area contributed by atoms with E-state index in [2.05, 4.69) is 21.3 Å². The van der Waals surface area contributed by atoms with Crippen LogP contribution in [0, 0.1) is 20.2 Å². The Morgan fingerprint density at radius 1 is 0.476 bits per heavy atom. The Morgan fingerprint density at radius 3 is 1.14 bits per heavy atom. The van der Waals surface area contributed by atoms with Crippen LogP contribution in [0.1, 0.15) is 62.5 Å². The third-order valence-corrected chi connectivity index (χ3v) is 9.08. The Kier molecular flexibility index (Phi) is 20.8. The van der Waals surface area contributed by atoms with Gasteiger partial charge in [-0.2, -0.15) is 0 Å². The molecule has 0 aromatic heterocycles. The maximum Gasteiger partial charge on any atom is 0.269 e. The lowest BCUT2D eigenvalue weighted by Crippen LogP contribution is -2.19. The van der Waals surface area contributed by atoms with Crippen LogP contribution in [0.5, 0.6) is 0 Å². The van der Waals surface area contributed by atoms with Gasteiger partial charge >= 0.3 is 0 Å². The summed E-state index contributed by atoms with van der Waals surface area (Å²) in [6.07, 6.45) is 9.64. The minimum atomic E-state index is -0.368. The second kappa shape index (κ2) is 24.2. The molecule has 10 nitrogen and oxygen atoms in total. The van der Waals surface area contributed by atoms with Gasteiger partial charge in [0.25, 0.3) is 11.4 Å². The van der Waals surface area contributed by atoms with Gasteiger partial charge in [0.05, 0.1) is 9.85 Å². The van der Waals surface area contributed by atoms with Crippen molar-refractivity contribution < 1.29 is 9.85 Å². The third-order valence-electron chi connectivity index (χ3n) is 6.67. The molecular formula is C30H48N6O4S2. The number of nitrogens with zero attached hydrogens (tertiary/aromatic N) is 2. The van der Waals surface area contributed by atoms with E-state index >= 15 is 0 Å². The molecule has 234 valence electrons. The Hall–Kier alpha value is -2.22. The van der Waals surface area contributed by atoms with Crippen LogP contribution in [0.4, 0.5) is 11.4 Å². The van der Waals surface area contributed by atoms with Gasteiger partial charge in [-0.15, -0.1) is 0 Å². The third kappa shape index (κ3) is 18.3. The lowest BCUT2D eigenvalue weighted by atomic mass is 10.2. The van der Waals surface area contributed by atoms with Crippen molar-refractivity contribution in [2.45, 2.75) is 64.5 Å². The molecule has 0 unspecified atom stereocenters. The normalized spacial score (nSPS) is 11.1. The van der Waals surface area contributed by atoms with Crippen LogP contribution in [-0.4, -0.2) is 60.6 Å². The molecule has 0 aliphatic carbocycles. The number of unbranched alkanes of at least 4 members (excludes halogenated alkanes) is 6. The van der Waals surface area contributed by atoms with Crippen molar-refractivity contribution in [3.63, 3.8) is 0 Å². The van der Waals surface area contributed by atoms with E-state index in [1.165, 1.54) is 38.5 Å². The molecule has 0 saturated heterocycles. The Labute approximate surface area is 258 Å². The van der Waals surface area contributed by atoms with Gasteiger partial charge in [-0.3, -0.25) is 20.2 Å². The maximum atomic E-state index is 10.7. The predicted molar refractivity (Wildman–Crippen MR) is 177 cm³/mol. The van der Waals surface area contributed by atoms with Crippen LogP contribution in [0.3, 0.4) is 0 Å². The summed E-state index contributed by atoms with van der Waals surface area (Å²) in [4.78, 5) is 20.6. The Balaban J connectivity index is 1.22. The molecule has 0 amide bonds. The standard InChI is InChI=1S/C30H48N6O4S2/c37-35(38)29-13-9-27(10-14-29)25-33-19-7-3-1-5-17-31-21-23-41-42-24-22-32-18-6-2-4-8-20-34-26-28-11-15-30(16-12-28)36(39)40/h9-16,31-34H,1-8,17-26H2. The highest BCUT2D eigenvalue weighted by Gasteiger charge is 2.04. The molecule has 4 N–H and O–H groups in total. The molecule has 12 heteroatoms. The molecule has 0 saturated carbocycles. The number of rotatable bonds is 27. The Morgan fingerprint density at radius 2 is 0.810 bits per heavy atom. The molecular weight excluding hydrogens is 573 g/mol. The van der Waals surface area contributed by atoms with Gasteiger partial charge in [-0.25, -0.2) is 0 Å². The van der Waals surface area contributed by atoms with Crippen LogP contribution < -0.4 is 21.3 Å². The van der Waals surface area contributed by atoms with Gasteiger partial charge in [0.1, 0.15) is 0 Å². The fourth-order valence-corrected chi connectivity index (χ4v) is 6.14. The molecule has 2 aromatic carbocycles. The lowest BCUT2D eigenvalue weighted by Gasteiger charge is -2.07. The maximum absolute atomic E-state index is 10.7. The van der Waals surface area contributed by atoms with Crippen molar-refractivity contribution in [2.24, 2.45) is 0 Å². The van der Waals surface area contributed by atoms with Crippen molar-refractivity contribution in [2.75, 3.05) is 50.8 Å². The van der Waals surface area contributed by atoms with E-state index in [9.17, 15) is 20.2 Å². The van der Waals surface area contributed by atoms with Gasteiger partial charge in [-0.1, -0.05) is 71.5 Å². The number of non-ortho nitro benzene ring substituents is 2. The molecule has 2 aromatic rings. The van der Waals surface area contributed by atoms with E-state index in [-0.39, 0.29) is 21.2 Å². The second-order valence-corrected chi connectivity index (χ2v) is 12.9. The molecule has 0 fully saturated rings. The summed E-state index contributed by atoms with van der Waals surface area (Å²) in [7, 11) is 3.89. The summed E-state index contributed by atoms with van der Waals surface area (Å²) >= 11 is 0. The largest absolute Gasteiger partial charge is 0.316 e. The first-order valence-electron chi connectivity index (χ1n) is 15.1. The van der Waals surface area contributed by atoms with Gasteiger partial charge < -0.3 is 21.3 Å². The summed E-state index contributed by atoms with van der Waals surface area (Å²) < 4.78 is 0. The number of benzene rings is 2. The van der Waals surface area contributed by atoms with Gasteiger partial charge in [-0.05, 0) is 63.0 Å². The number of nitro groups is 2. The van der Waals surface area contributed by atoms with Crippen molar-refractivity contribution >= 4 is 33.0 Å². The summed E-state index contributed by atoms with van der Waals surface area (Å²) in [5.74, 6) is 2.27. The molecule has 0 spiro atoms. The van der Waals surface area contributed by atoms with Crippen LogP contribution >= 0.6 is 21.6 Å². The number of hydrogen-bond donors (Lipinski definition) is 4. The van der Waals surface area contributed by atoms with Crippen molar-refractivity contribution in [1.29, 1.82) is 0 Å². The first-order chi connectivity index (χ1) is 20.6. The van der Waals surface area contributed by atoms with Crippen molar-refractivity contribution in [1.82, 2.24) is 21.3 Å². The lowest BCUT2D eigenvalue weighted by molar-refractivity contribution is -0.385. The zero-order valence-corrected chi connectivity index (χ0v) is 26.3. The highest BCUT2D eigenvalue weighted by Crippen LogP contribution is 2.19. The number of nitro benzene ring substituents is 2. The molecule has 0 aliphatic heterocycles. The monoisotopic (exact) mass is 620 g/mol. The molecule has 0 radical (unpaired) electrons. The average molecular weight is 621 g/mol. The summed E-state index contributed by atoms with van der Waals surface area (Å²) in [6, 6.07) is 13.5. The molecule has 0 bridgehead atoms. The Bertz CT molecular complexity index is 903. The van der Waals surface area contributed by atoms with Crippen molar-refractivity contribution in [3.05, 3.63) is 79.9 Å². The van der Waals surface area contributed by atoms with E-state index in [1.54, 1.807) is 24.3 Å². The SMILES string of the molecule is O=[N+]([O-])c1ccc(CNCCCCCCNCCSSCCNCCCCCCNCc2ccc([N+](=O)[O-])cc2)cc1. The minimum absolute atomic E-state index is 0.137. The van der Waals surface area contributed by atoms with E-state index in [0.717, 1.165) is 87.8 Å². The van der Waals surface area contributed by atoms with Crippen LogP contribution in [0.15, 0.2) is 48.5 Å². The fourth-order valence-electron chi connectivity index (χ4n) is 4.24. The highest BCUT2D eigenvalue weighted by atomic mass is 33.1. The van der Waals surface area contributed by atoms with Gasteiger partial charge in [0.2, 0.25) is 0 Å². The number of nitrogens with one attached hydrogen (secondary N) is 4. The van der Waals surface area contributed by atoms with E-state index in [1.807, 2.05) is 45.9 Å². The fraction of sp³-hybridized carbons (Fsp3) is 0.600. The first-order valence-corrected chi connectivity index (χ1v) is 17.6. The topological polar surface area (TPSA) is 134 Å². The average Bonchev–Trinajstić information content (AvgIpc) is 2.99. The number of hydrogen-bond acceptors (Lipinski definition) is 10. The second-order valence-electron chi connectivity index (χ2n) is 10.2. The van der Waals surface area contributed by atoms with Gasteiger partial charge in [0, 0.05) is 62.0 Å². The molecule has 0 atom stereocenters. The van der Waals surface area contributed by atoms with E-state index in [4.69, 9.17) is 0 Å². The minimum Gasteiger partial charge on any atom is -0.316 e. The summed E-state index contributed by atoms with van der Waals surface area (Å²) in [6.45, 7) is 7.73. The predicted octanol–water partition coefficient (Wildman–Crippen LogP) is 6.06. The summed E-state index contributed by atoms with van der Waals surface area (Å²) in [5, 5.41) is 35.3. The molecule has 0 heterocycles. The summed E-state index contributed by atoms with van der Waals surface area (Å²) in [5.41, 5.74) is 2.42. The zero-order chi connectivity index (χ0) is 30.1. The smallest absolute Gasteiger partial charge is 0.269 e. The van der Waals surface area contributed by atoms with Crippen LogP contribution in [0.25, 0.3) is 0 Å². The molecule has 0 aliphatic rings. The highest BCUT2D eigenvalue weighted by molar-refractivity contribution is 8.76. The first kappa shape index (κ1) is 36.0. The van der Waals surface area contributed by atoms with E-state index < -0.39 is 0 Å². The van der Waals surface area contributed by atoms with Crippen LogP contribution in [0.2, 0.25) is 0 Å². The molecule has 2 rings (SSSR count). The molecule has 42 heavy (non-hydrogen) atoms.